The van der Waals surface area contributed by atoms with Crippen LogP contribution in [0.3, 0.4) is 0 Å². The molecule has 0 spiro atoms. The third-order valence-electron chi connectivity index (χ3n) is 5.99. The summed E-state index contributed by atoms with van der Waals surface area (Å²) in [6, 6.07) is 10.1. The molecule has 154 valence electrons. The van der Waals surface area contributed by atoms with Crippen LogP contribution in [0.5, 0.6) is 5.75 Å². The molecule has 1 atom stereocenters. The van der Waals surface area contributed by atoms with Crippen molar-refractivity contribution in [2.45, 2.75) is 38.3 Å². The van der Waals surface area contributed by atoms with Crippen molar-refractivity contribution in [1.82, 2.24) is 14.9 Å². The van der Waals surface area contributed by atoms with Crippen molar-refractivity contribution in [1.29, 1.82) is 0 Å². The van der Waals surface area contributed by atoms with E-state index in [2.05, 4.69) is 9.97 Å². The first-order valence-corrected chi connectivity index (χ1v) is 11.0. The minimum Gasteiger partial charge on any atom is -0.491 e. The second kappa shape index (κ2) is 7.80. The van der Waals surface area contributed by atoms with Crippen LogP contribution in [0.15, 0.2) is 48.0 Å². The van der Waals surface area contributed by atoms with Crippen LogP contribution in [-0.4, -0.2) is 39.5 Å². The van der Waals surface area contributed by atoms with Gasteiger partial charge in [-0.2, -0.15) is 0 Å². The molecule has 5 nitrogen and oxygen atoms in total. The summed E-state index contributed by atoms with van der Waals surface area (Å²) >= 11 is 1.50. The number of aryl methyl sites for hydroxylation is 1. The molecule has 6 rings (SSSR count). The van der Waals surface area contributed by atoms with Crippen molar-refractivity contribution in [3.05, 3.63) is 65.2 Å². The number of halogens is 1. The maximum absolute atomic E-state index is 13.7. The van der Waals surface area contributed by atoms with E-state index in [-0.39, 0.29) is 23.8 Å². The van der Waals surface area contributed by atoms with Crippen molar-refractivity contribution in [3.8, 4) is 16.3 Å². The molecule has 3 aromatic rings. The fourth-order valence-corrected chi connectivity index (χ4v) is 5.15. The molecule has 2 bridgehead atoms. The molecule has 1 amide bonds. The summed E-state index contributed by atoms with van der Waals surface area (Å²) in [7, 11) is 0. The van der Waals surface area contributed by atoms with Crippen LogP contribution in [0.4, 0.5) is 4.39 Å². The Morgan fingerprint density at radius 3 is 2.73 bits per heavy atom. The normalized spacial score (nSPS) is 22.5. The molecule has 0 N–H and O–H groups in total. The van der Waals surface area contributed by atoms with Gasteiger partial charge in [0.25, 0.3) is 5.91 Å². The number of rotatable bonds is 5. The van der Waals surface area contributed by atoms with Gasteiger partial charge in [0, 0.05) is 28.9 Å². The predicted molar refractivity (Wildman–Crippen MR) is 113 cm³/mol. The first kappa shape index (κ1) is 19.2. The average molecular weight is 424 g/mol. The Balaban J connectivity index is 1.42. The van der Waals surface area contributed by atoms with Crippen molar-refractivity contribution in [3.63, 3.8) is 0 Å². The van der Waals surface area contributed by atoms with E-state index >= 15 is 0 Å². The van der Waals surface area contributed by atoms with Crippen LogP contribution in [-0.2, 0) is 0 Å². The number of hydrogen-bond acceptors (Lipinski definition) is 5. The summed E-state index contributed by atoms with van der Waals surface area (Å²) in [6.07, 6.45) is 4.74. The van der Waals surface area contributed by atoms with E-state index in [1.807, 2.05) is 29.3 Å². The van der Waals surface area contributed by atoms with E-state index in [9.17, 15) is 9.18 Å². The Hall–Kier alpha value is -2.80. The number of thiazole rings is 1. The fourth-order valence-electron chi connectivity index (χ4n) is 4.49. The summed E-state index contributed by atoms with van der Waals surface area (Å²) in [4.78, 5) is 24.7. The highest BCUT2D eigenvalue weighted by molar-refractivity contribution is 7.13. The highest BCUT2D eigenvalue weighted by Gasteiger charge is 2.47. The predicted octanol–water partition coefficient (Wildman–Crippen LogP) is 4.72. The first-order valence-electron chi connectivity index (χ1n) is 10.2. The molecule has 3 aliphatic rings. The lowest BCUT2D eigenvalue weighted by atomic mass is 9.70. The van der Waals surface area contributed by atoms with Gasteiger partial charge in [0.2, 0.25) is 0 Å². The van der Waals surface area contributed by atoms with Crippen molar-refractivity contribution < 1.29 is 13.9 Å². The van der Waals surface area contributed by atoms with E-state index in [1.54, 1.807) is 18.3 Å². The van der Waals surface area contributed by atoms with Crippen LogP contribution < -0.4 is 4.74 Å². The number of carbonyl (C=O) groups is 1. The molecule has 30 heavy (non-hydrogen) atoms. The Morgan fingerprint density at radius 2 is 2.00 bits per heavy atom. The minimum absolute atomic E-state index is 0.0217. The van der Waals surface area contributed by atoms with E-state index in [0.29, 0.717) is 24.0 Å². The van der Waals surface area contributed by atoms with Crippen molar-refractivity contribution in [2.24, 2.45) is 5.92 Å². The number of carbonyl (C=O) groups excluding carboxylic acids is 1. The summed E-state index contributed by atoms with van der Waals surface area (Å²) in [6.45, 7) is 2.29. The van der Waals surface area contributed by atoms with Gasteiger partial charge in [-0.15, -0.1) is 11.3 Å². The average Bonchev–Trinajstić information content (AvgIpc) is 3.26. The Bertz CT molecular complexity index is 1050. The van der Waals surface area contributed by atoms with E-state index < -0.39 is 0 Å². The molecule has 1 aromatic carbocycles. The summed E-state index contributed by atoms with van der Waals surface area (Å²) < 4.78 is 19.1. The van der Waals surface area contributed by atoms with Gasteiger partial charge < -0.3 is 9.64 Å². The Labute approximate surface area is 178 Å². The largest absolute Gasteiger partial charge is 0.491 e. The summed E-state index contributed by atoms with van der Waals surface area (Å²) in [5.41, 5.74) is 2.04. The number of hydrogen-bond donors (Lipinski definition) is 0. The molecule has 0 radical (unpaired) electrons. The van der Waals surface area contributed by atoms with Gasteiger partial charge in [-0.1, -0.05) is 0 Å². The fraction of sp³-hybridized carbons (Fsp3) is 0.348. The van der Waals surface area contributed by atoms with Crippen LogP contribution >= 0.6 is 11.3 Å². The maximum Gasteiger partial charge on any atom is 0.273 e. The zero-order valence-corrected chi connectivity index (χ0v) is 17.4. The molecule has 1 saturated carbocycles. The smallest absolute Gasteiger partial charge is 0.273 e. The maximum atomic E-state index is 13.7. The SMILES string of the molecule is Cc1ccc(-c2nccs2)c(C(=O)N2C3CC(C3)C[C@@H]2COc2ccc(F)cc2)n1. The van der Waals surface area contributed by atoms with Gasteiger partial charge in [0.15, 0.2) is 0 Å². The molecule has 4 heterocycles. The lowest BCUT2D eigenvalue weighted by Crippen LogP contribution is -2.60. The van der Waals surface area contributed by atoms with Gasteiger partial charge in [-0.25, -0.2) is 14.4 Å². The number of piperidine rings is 2. The van der Waals surface area contributed by atoms with Gasteiger partial charge >= 0.3 is 0 Å². The second-order valence-electron chi connectivity index (χ2n) is 8.04. The standard InChI is InChI=1S/C23H22FN3O2S/c1-14-2-7-20(22-25-8-9-30-22)21(26-14)23(28)27-17-10-15(11-17)12-18(27)13-29-19-5-3-16(24)4-6-19/h2-9,15,17-18H,10-13H2,1H3/t15?,17?,18-/m1/s1. The molecular formula is C23H22FN3O2S. The summed E-state index contributed by atoms with van der Waals surface area (Å²) in [5.74, 6) is 0.906. The molecule has 7 heteroatoms. The van der Waals surface area contributed by atoms with E-state index in [4.69, 9.17) is 4.74 Å². The number of nitrogens with zero attached hydrogens (tertiary/aromatic N) is 3. The molecular weight excluding hydrogens is 401 g/mol. The van der Waals surface area contributed by atoms with Crippen molar-refractivity contribution in [2.75, 3.05) is 6.61 Å². The number of benzene rings is 1. The topological polar surface area (TPSA) is 55.3 Å². The third kappa shape index (κ3) is 3.58. The first-order chi connectivity index (χ1) is 14.6. The number of aromatic nitrogens is 2. The highest BCUT2D eigenvalue weighted by Crippen LogP contribution is 2.44. The number of amides is 1. The van der Waals surface area contributed by atoms with Gasteiger partial charge in [0.05, 0.1) is 6.04 Å². The Kier molecular flexibility index (Phi) is 4.98. The lowest BCUT2D eigenvalue weighted by Gasteiger charge is -2.53. The Morgan fingerprint density at radius 1 is 1.20 bits per heavy atom. The zero-order valence-electron chi connectivity index (χ0n) is 16.6. The molecule has 2 saturated heterocycles. The monoisotopic (exact) mass is 423 g/mol. The number of pyridine rings is 1. The lowest BCUT2D eigenvalue weighted by molar-refractivity contribution is -0.0309. The second-order valence-corrected chi connectivity index (χ2v) is 8.94. The molecule has 1 aliphatic carbocycles. The summed E-state index contributed by atoms with van der Waals surface area (Å²) in [5, 5.41) is 2.70. The van der Waals surface area contributed by atoms with Gasteiger partial charge in [-0.05, 0) is 68.5 Å². The quantitative estimate of drug-likeness (QED) is 0.596. The van der Waals surface area contributed by atoms with E-state index in [1.165, 1.54) is 23.5 Å². The van der Waals surface area contributed by atoms with Gasteiger partial charge in [0.1, 0.15) is 28.9 Å². The van der Waals surface area contributed by atoms with Gasteiger partial charge in [-0.3, -0.25) is 4.79 Å². The van der Waals surface area contributed by atoms with Crippen LogP contribution in [0.25, 0.3) is 10.6 Å². The van der Waals surface area contributed by atoms with E-state index in [0.717, 1.165) is 35.5 Å². The van der Waals surface area contributed by atoms with Crippen molar-refractivity contribution >= 4 is 17.2 Å². The number of ether oxygens (including phenoxy) is 1. The van der Waals surface area contributed by atoms with Crippen LogP contribution in [0.1, 0.15) is 35.4 Å². The number of fused-ring (bicyclic) bond motifs is 2. The zero-order chi connectivity index (χ0) is 20.7. The molecule has 2 aliphatic heterocycles. The highest BCUT2D eigenvalue weighted by atomic mass is 32.1. The van der Waals surface area contributed by atoms with Crippen LogP contribution in [0.2, 0.25) is 0 Å². The molecule has 0 unspecified atom stereocenters. The third-order valence-corrected chi connectivity index (χ3v) is 6.80. The molecule has 3 fully saturated rings. The minimum atomic E-state index is -0.293. The van der Waals surface area contributed by atoms with Crippen LogP contribution in [0, 0.1) is 18.7 Å². The molecule has 2 aromatic heterocycles.